The van der Waals surface area contributed by atoms with Gasteiger partial charge in [-0.25, -0.2) is 4.68 Å². The largest absolute Gasteiger partial charge is 0.312 e. The first-order valence-electron chi connectivity index (χ1n) is 7.81. The van der Waals surface area contributed by atoms with Crippen molar-refractivity contribution in [1.29, 1.82) is 0 Å². The van der Waals surface area contributed by atoms with Crippen molar-refractivity contribution in [3.63, 3.8) is 0 Å². The second kappa shape index (κ2) is 6.52. The summed E-state index contributed by atoms with van der Waals surface area (Å²) in [6.07, 6.45) is 0. The van der Waals surface area contributed by atoms with Crippen LogP contribution in [-0.4, -0.2) is 40.4 Å². The summed E-state index contributed by atoms with van der Waals surface area (Å²) in [7, 11) is 0. The summed E-state index contributed by atoms with van der Waals surface area (Å²) in [4.78, 5) is 2.52. The molecule has 1 saturated heterocycles. The van der Waals surface area contributed by atoms with Gasteiger partial charge in [0.25, 0.3) is 0 Å². The Bertz CT molecular complexity index is 647. The number of piperazine rings is 1. The molecule has 0 radical (unpaired) electrons. The van der Waals surface area contributed by atoms with Gasteiger partial charge >= 0.3 is 0 Å². The van der Waals surface area contributed by atoms with Crippen LogP contribution in [0.1, 0.15) is 23.9 Å². The zero-order chi connectivity index (χ0) is 15.7. The van der Waals surface area contributed by atoms with Crippen molar-refractivity contribution < 1.29 is 0 Å². The Kier molecular flexibility index (Phi) is 4.66. The molecule has 1 N–H and O–H groups in total. The minimum atomic E-state index is 0.566. The molecule has 118 valence electrons. The van der Waals surface area contributed by atoms with Crippen molar-refractivity contribution in [1.82, 2.24) is 20.0 Å². The molecular weight excluding hydrogens is 340 g/mol. The van der Waals surface area contributed by atoms with Crippen molar-refractivity contribution in [2.24, 2.45) is 0 Å². The summed E-state index contributed by atoms with van der Waals surface area (Å²) in [6, 6.07) is 8.88. The van der Waals surface area contributed by atoms with Crippen LogP contribution in [0.5, 0.6) is 0 Å². The van der Waals surface area contributed by atoms with E-state index in [0.29, 0.717) is 6.04 Å². The van der Waals surface area contributed by atoms with Gasteiger partial charge in [-0.15, -0.1) is 0 Å². The molecule has 2 heterocycles. The molecule has 0 aliphatic carbocycles. The number of benzene rings is 1. The summed E-state index contributed by atoms with van der Waals surface area (Å²) in [5.74, 6) is 0. The van der Waals surface area contributed by atoms with Crippen LogP contribution in [0.2, 0.25) is 0 Å². The van der Waals surface area contributed by atoms with Crippen LogP contribution in [0.3, 0.4) is 0 Å². The van der Waals surface area contributed by atoms with Crippen LogP contribution in [0.4, 0.5) is 0 Å². The summed E-state index contributed by atoms with van der Waals surface area (Å²) in [6.45, 7) is 10.8. The Hall–Kier alpha value is -1.17. The van der Waals surface area contributed by atoms with E-state index in [1.54, 1.807) is 0 Å². The van der Waals surface area contributed by atoms with Gasteiger partial charge in [-0.2, -0.15) is 5.10 Å². The molecule has 0 unspecified atom stereocenters. The second-order valence-corrected chi connectivity index (χ2v) is 7.04. The first kappa shape index (κ1) is 15.7. The number of rotatable bonds is 3. The molecule has 1 fully saturated rings. The highest BCUT2D eigenvalue weighted by Gasteiger charge is 2.20. The van der Waals surface area contributed by atoms with Crippen LogP contribution in [0.25, 0.3) is 5.69 Å². The maximum atomic E-state index is 4.75. The van der Waals surface area contributed by atoms with Gasteiger partial charge in [-0.1, -0.05) is 15.9 Å². The average Bonchev–Trinajstić information content (AvgIpc) is 2.76. The first-order chi connectivity index (χ1) is 10.5. The molecule has 5 heteroatoms. The maximum absolute atomic E-state index is 4.75. The van der Waals surface area contributed by atoms with E-state index in [1.807, 2.05) is 0 Å². The molecule has 0 spiro atoms. The van der Waals surface area contributed by atoms with Crippen LogP contribution in [0, 0.1) is 13.8 Å². The molecule has 1 atom stereocenters. The number of hydrogen-bond donors (Lipinski definition) is 1. The molecular formula is C17H23BrN4. The SMILES string of the molecule is Cc1nn(-c2ccc(Br)cc2)c(C)c1CN1CCN[C@H](C)C1. The average molecular weight is 363 g/mol. The lowest BCUT2D eigenvalue weighted by molar-refractivity contribution is 0.199. The molecule has 1 aliphatic heterocycles. The van der Waals surface area contributed by atoms with Gasteiger partial charge in [0.15, 0.2) is 0 Å². The van der Waals surface area contributed by atoms with E-state index in [-0.39, 0.29) is 0 Å². The van der Waals surface area contributed by atoms with Crippen molar-refractivity contribution in [3.8, 4) is 5.69 Å². The molecule has 3 rings (SSSR count). The lowest BCUT2D eigenvalue weighted by Gasteiger charge is -2.31. The molecule has 0 saturated carbocycles. The van der Waals surface area contributed by atoms with E-state index >= 15 is 0 Å². The van der Waals surface area contributed by atoms with Crippen LogP contribution in [0.15, 0.2) is 28.7 Å². The normalized spacial score (nSPS) is 19.5. The third-order valence-corrected chi connectivity index (χ3v) is 4.88. The molecule has 1 aromatic heterocycles. The van der Waals surface area contributed by atoms with Gasteiger partial charge < -0.3 is 5.32 Å². The third kappa shape index (κ3) is 3.26. The Balaban J connectivity index is 1.85. The molecule has 1 aliphatic rings. The van der Waals surface area contributed by atoms with Crippen LogP contribution >= 0.6 is 15.9 Å². The highest BCUT2D eigenvalue weighted by molar-refractivity contribution is 9.10. The number of hydrogen-bond acceptors (Lipinski definition) is 3. The smallest absolute Gasteiger partial charge is 0.0649 e. The number of nitrogens with one attached hydrogen (secondary N) is 1. The first-order valence-corrected chi connectivity index (χ1v) is 8.60. The Morgan fingerprint density at radius 2 is 2.00 bits per heavy atom. The Labute approximate surface area is 140 Å². The zero-order valence-electron chi connectivity index (χ0n) is 13.4. The minimum Gasteiger partial charge on any atom is -0.312 e. The fraction of sp³-hybridized carbons (Fsp3) is 0.471. The van der Waals surface area contributed by atoms with Crippen LogP contribution in [-0.2, 0) is 6.54 Å². The lowest BCUT2D eigenvalue weighted by Crippen LogP contribution is -2.48. The van der Waals surface area contributed by atoms with E-state index in [2.05, 4.69) is 75.9 Å². The highest BCUT2D eigenvalue weighted by atomic mass is 79.9. The number of aryl methyl sites for hydroxylation is 1. The predicted molar refractivity (Wildman–Crippen MR) is 93.5 cm³/mol. The molecule has 0 bridgehead atoms. The lowest BCUT2D eigenvalue weighted by atomic mass is 10.1. The monoisotopic (exact) mass is 362 g/mol. The van der Waals surface area contributed by atoms with E-state index in [9.17, 15) is 0 Å². The maximum Gasteiger partial charge on any atom is 0.0649 e. The molecule has 4 nitrogen and oxygen atoms in total. The van der Waals surface area contributed by atoms with Gasteiger partial charge in [0.2, 0.25) is 0 Å². The van der Waals surface area contributed by atoms with E-state index in [0.717, 1.165) is 42.0 Å². The van der Waals surface area contributed by atoms with Gasteiger partial charge in [0.05, 0.1) is 11.4 Å². The second-order valence-electron chi connectivity index (χ2n) is 6.13. The van der Waals surface area contributed by atoms with Gasteiger partial charge in [0.1, 0.15) is 0 Å². The number of nitrogens with zero attached hydrogens (tertiary/aromatic N) is 3. The van der Waals surface area contributed by atoms with Crippen molar-refractivity contribution >= 4 is 15.9 Å². The fourth-order valence-electron chi connectivity index (χ4n) is 3.12. The van der Waals surface area contributed by atoms with Crippen molar-refractivity contribution in [2.45, 2.75) is 33.4 Å². The van der Waals surface area contributed by atoms with E-state index in [4.69, 9.17) is 5.10 Å². The van der Waals surface area contributed by atoms with Crippen molar-refractivity contribution in [2.75, 3.05) is 19.6 Å². The summed E-state index contributed by atoms with van der Waals surface area (Å²) in [5.41, 5.74) is 4.85. The fourth-order valence-corrected chi connectivity index (χ4v) is 3.38. The minimum absolute atomic E-state index is 0.566. The Morgan fingerprint density at radius 3 is 2.68 bits per heavy atom. The highest BCUT2D eigenvalue weighted by Crippen LogP contribution is 2.21. The van der Waals surface area contributed by atoms with E-state index < -0.39 is 0 Å². The predicted octanol–water partition coefficient (Wildman–Crippen LogP) is 3.05. The van der Waals surface area contributed by atoms with Gasteiger partial charge in [-0.05, 0) is 45.0 Å². The number of halogens is 1. The van der Waals surface area contributed by atoms with E-state index in [1.165, 1.54) is 11.3 Å². The topological polar surface area (TPSA) is 33.1 Å². The third-order valence-electron chi connectivity index (χ3n) is 4.35. The standard InChI is InChI=1S/C17H23BrN4/c1-12-10-21(9-8-19-12)11-17-13(2)20-22(14(17)3)16-6-4-15(18)5-7-16/h4-7,12,19H,8-11H2,1-3H3/t12-/m1/s1. The van der Waals surface area contributed by atoms with Gasteiger partial charge in [-0.3, -0.25) is 4.90 Å². The number of aromatic nitrogens is 2. The van der Waals surface area contributed by atoms with Crippen LogP contribution < -0.4 is 5.32 Å². The summed E-state index contributed by atoms with van der Waals surface area (Å²) >= 11 is 3.49. The quantitative estimate of drug-likeness (QED) is 0.910. The summed E-state index contributed by atoms with van der Waals surface area (Å²) in [5, 5.41) is 8.25. The molecule has 22 heavy (non-hydrogen) atoms. The molecule has 2 aromatic rings. The van der Waals surface area contributed by atoms with Gasteiger partial charge in [0, 0.05) is 48.0 Å². The van der Waals surface area contributed by atoms with Crippen molar-refractivity contribution in [3.05, 3.63) is 45.7 Å². The molecule has 1 aromatic carbocycles. The zero-order valence-corrected chi connectivity index (χ0v) is 15.0. The Morgan fingerprint density at radius 1 is 1.27 bits per heavy atom. The molecule has 0 amide bonds. The summed E-state index contributed by atoms with van der Waals surface area (Å²) < 4.78 is 3.15.